The molecule has 0 aromatic heterocycles. The maximum Gasteiger partial charge on any atom is 0.245 e. The van der Waals surface area contributed by atoms with Crippen LogP contribution in [0.5, 0.6) is 5.75 Å². The fourth-order valence-corrected chi connectivity index (χ4v) is 2.27. The van der Waals surface area contributed by atoms with Gasteiger partial charge in [0.15, 0.2) is 0 Å². The van der Waals surface area contributed by atoms with E-state index in [1.807, 2.05) is 24.3 Å². The third-order valence-corrected chi connectivity index (χ3v) is 3.71. The number of hydrogen-bond donors (Lipinski definition) is 1. The molecule has 2 rings (SSSR count). The van der Waals surface area contributed by atoms with Gasteiger partial charge in [-0.2, -0.15) is 0 Å². The second-order valence-electron chi connectivity index (χ2n) is 4.72. The zero-order chi connectivity index (χ0) is 14.5. The Bertz CT molecular complexity index is 490. The Kier molecular flexibility index (Phi) is 5.00. The molecule has 1 heterocycles. The lowest BCUT2D eigenvalue weighted by Gasteiger charge is -2.21. The lowest BCUT2D eigenvalue weighted by molar-refractivity contribution is -0.133. The normalized spacial score (nSPS) is 17.7. The van der Waals surface area contributed by atoms with Gasteiger partial charge in [0.2, 0.25) is 11.8 Å². The second-order valence-corrected chi connectivity index (χ2v) is 5.64. The number of carbonyl (C=O) groups excluding carboxylic acids is 2. The molecule has 1 N–H and O–H groups in total. The van der Waals surface area contributed by atoms with Gasteiger partial charge in [-0.25, -0.2) is 0 Å². The molecule has 108 valence electrons. The number of amides is 2. The van der Waals surface area contributed by atoms with Crippen LogP contribution in [0.1, 0.15) is 12.8 Å². The van der Waals surface area contributed by atoms with Crippen LogP contribution in [0.2, 0.25) is 0 Å². The van der Waals surface area contributed by atoms with Gasteiger partial charge >= 0.3 is 0 Å². The van der Waals surface area contributed by atoms with Crippen LogP contribution in [-0.4, -0.2) is 43.0 Å². The summed E-state index contributed by atoms with van der Waals surface area (Å²) in [5, 5.41) is 2.67. The van der Waals surface area contributed by atoms with Crippen LogP contribution in [0, 0.1) is 0 Å². The van der Waals surface area contributed by atoms with E-state index in [4.69, 9.17) is 4.74 Å². The number of halogens is 1. The summed E-state index contributed by atoms with van der Waals surface area (Å²) >= 11 is 3.36. The van der Waals surface area contributed by atoms with Crippen molar-refractivity contribution in [2.45, 2.75) is 18.9 Å². The molecule has 2 amide bonds. The first-order valence-electron chi connectivity index (χ1n) is 6.49. The number of hydrogen-bond acceptors (Lipinski definition) is 3. The van der Waals surface area contributed by atoms with Gasteiger partial charge < -0.3 is 15.0 Å². The molecule has 0 aliphatic carbocycles. The van der Waals surface area contributed by atoms with Crippen molar-refractivity contribution in [2.75, 3.05) is 20.2 Å². The molecular weight excluding hydrogens is 324 g/mol. The molecule has 0 saturated carbocycles. The van der Waals surface area contributed by atoms with Gasteiger partial charge in [0, 0.05) is 17.9 Å². The topological polar surface area (TPSA) is 58.6 Å². The van der Waals surface area contributed by atoms with Crippen LogP contribution < -0.4 is 10.1 Å². The van der Waals surface area contributed by atoms with Gasteiger partial charge in [-0.05, 0) is 30.7 Å². The fraction of sp³-hybridized carbons (Fsp3) is 0.429. The molecule has 20 heavy (non-hydrogen) atoms. The molecule has 1 unspecified atom stereocenters. The molecular formula is C14H17BrN2O3. The summed E-state index contributed by atoms with van der Waals surface area (Å²) in [6.45, 7) is 0.909. The Morgan fingerprint density at radius 3 is 2.75 bits per heavy atom. The average molecular weight is 341 g/mol. The van der Waals surface area contributed by atoms with Gasteiger partial charge in [0.1, 0.15) is 18.4 Å². The molecule has 5 nitrogen and oxygen atoms in total. The Balaban J connectivity index is 1.74. The first-order chi connectivity index (χ1) is 9.56. The SMILES string of the molecule is CN(CCOc1ccc(Br)cc1)C(=O)C1CCC(=O)N1. The second kappa shape index (κ2) is 6.74. The van der Waals surface area contributed by atoms with Crippen LogP contribution in [0.15, 0.2) is 28.7 Å². The highest BCUT2D eigenvalue weighted by atomic mass is 79.9. The quantitative estimate of drug-likeness (QED) is 0.884. The van der Waals surface area contributed by atoms with Crippen LogP contribution in [0.4, 0.5) is 0 Å². The third-order valence-electron chi connectivity index (χ3n) is 3.18. The van der Waals surface area contributed by atoms with E-state index in [0.717, 1.165) is 10.2 Å². The van der Waals surface area contributed by atoms with Crippen LogP contribution >= 0.6 is 15.9 Å². The molecule has 0 radical (unpaired) electrons. The number of nitrogens with one attached hydrogen (secondary N) is 1. The van der Waals surface area contributed by atoms with E-state index < -0.39 is 0 Å². The van der Waals surface area contributed by atoms with Crippen molar-refractivity contribution in [3.8, 4) is 5.75 Å². The van der Waals surface area contributed by atoms with Crippen molar-refractivity contribution in [2.24, 2.45) is 0 Å². The lowest BCUT2D eigenvalue weighted by atomic mass is 10.2. The maximum atomic E-state index is 12.0. The highest BCUT2D eigenvalue weighted by Gasteiger charge is 2.29. The van der Waals surface area contributed by atoms with Crippen molar-refractivity contribution in [1.82, 2.24) is 10.2 Å². The summed E-state index contributed by atoms with van der Waals surface area (Å²) in [5.74, 6) is 0.654. The van der Waals surface area contributed by atoms with Gasteiger partial charge in [0.05, 0.1) is 6.54 Å². The molecule has 0 bridgehead atoms. The van der Waals surface area contributed by atoms with Crippen molar-refractivity contribution >= 4 is 27.7 Å². The van der Waals surface area contributed by atoms with Crippen LogP contribution in [0.25, 0.3) is 0 Å². The van der Waals surface area contributed by atoms with Gasteiger partial charge in [-0.15, -0.1) is 0 Å². The standard InChI is InChI=1S/C14H17BrN2O3/c1-17(14(19)12-6-7-13(18)16-12)8-9-20-11-4-2-10(15)3-5-11/h2-5,12H,6-9H2,1H3,(H,16,18). The predicted octanol–water partition coefficient (Wildman–Crippen LogP) is 1.56. The maximum absolute atomic E-state index is 12.0. The number of rotatable bonds is 5. The number of carbonyl (C=O) groups is 2. The van der Waals surface area contributed by atoms with E-state index in [9.17, 15) is 9.59 Å². The Hall–Kier alpha value is -1.56. The minimum atomic E-state index is -0.375. The number of likely N-dealkylation sites (N-methyl/N-ethyl adjacent to an activating group) is 1. The molecule has 1 aliphatic heterocycles. The summed E-state index contributed by atoms with van der Waals surface area (Å²) in [5.41, 5.74) is 0. The fourth-order valence-electron chi connectivity index (χ4n) is 2.01. The number of nitrogens with zero attached hydrogens (tertiary/aromatic N) is 1. The highest BCUT2D eigenvalue weighted by Crippen LogP contribution is 2.16. The van der Waals surface area contributed by atoms with E-state index in [0.29, 0.717) is 26.0 Å². The summed E-state index contributed by atoms with van der Waals surface area (Å²) in [6.07, 6.45) is 1.01. The molecule has 1 atom stereocenters. The molecule has 0 spiro atoms. The van der Waals surface area contributed by atoms with E-state index >= 15 is 0 Å². The average Bonchev–Trinajstić information content (AvgIpc) is 2.86. The lowest BCUT2D eigenvalue weighted by Crippen LogP contribution is -2.43. The zero-order valence-electron chi connectivity index (χ0n) is 11.3. The van der Waals surface area contributed by atoms with E-state index in [-0.39, 0.29) is 17.9 Å². The number of ether oxygens (including phenoxy) is 1. The summed E-state index contributed by atoms with van der Waals surface area (Å²) < 4.78 is 6.56. The van der Waals surface area contributed by atoms with E-state index in [1.165, 1.54) is 0 Å². The Morgan fingerprint density at radius 2 is 2.15 bits per heavy atom. The molecule has 1 aliphatic rings. The largest absolute Gasteiger partial charge is 0.492 e. The smallest absolute Gasteiger partial charge is 0.245 e. The van der Waals surface area contributed by atoms with Gasteiger partial charge in [-0.3, -0.25) is 9.59 Å². The van der Waals surface area contributed by atoms with Gasteiger partial charge in [0.25, 0.3) is 0 Å². The minimum absolute atomic E-state index is 0.0529. The molecule has 6 heteroatoms. The summed E-state index contributed by atoms with van der Waals surface area (Å²) in [4.78, 5) is 24.7. The Labute approximate surface area is 126 Å². The number of benzene rings is 1. The molecule has 1 saturated heterocycles. The Morgan fingerprint density at radius 1 is 1.45 bits per heavy atom. The summed E-state index contributed by atoms with van der Waals surface area (Å²) in [7, 11) is 1.72. The monoisotopic (exact) mass is 340 g/mol. The summed E-state index contributed by atoms with van der Waals surface area (Å²) in [6, 6.07) is 7.16. The molecule has 1 fully saturated rings. The molecule has 1 aromatic rings. The van der Waals surface area contributed by atoms with Crippen molar-refractivity contribution in [1.29, 1.82) is 0 Å². The van der Waals surface area contributed by atoms with E-state index in [1.54, 1.807) is 11.9 Å². The minimum Gasteiger partial charge on any atom is -0.492 e. The molecule has 1 aromatic carbocycles. The van der Waals surface area contributed by atoms with Crippen LogP contribution in [-0.2, 0) is 9.59 Å². The van der Waals surface area contributed by atoms with E-state index in [2.05, 4.69) is 21.2 Å². The van der Waals surface area contributed by atoms with Crippen molar-refractivity contribution in [3.63, 3.8) is 0 Å². The van der Waals surface area contributed by atoms with Gasteiger partial charge in [-0.1, -0.05) is 15.9 Å². The van der Waals surface area contributed by atoms with Crippen LogP contribution in [0.3, 0.4) is 0 Å². The third kappa shape index (κ3) is 3.96. The zero-order valence-corrected chi connectivity index (χ0v) is 12.9. The van der Waals surface area contributed by atoms with Crippen molar-refractivity contribution < 1.29 is 14.3 Å². The van der Waals surface area contributed by atoms with Crippen molar-refractivity contribution in [3.05, 3.63) is 28.7 Å². The highest BCUT2D eigenvalue weighted by molar-refractivity contribution is 9.10. The first kappa shape index (κ1) is 14.8. The predicted molar refractivity (Wildman–Crippen MR) is 78.4 cm³/mol. The first-order valence-corrected chi connectivity index (χ1v) is 7.28.